The van der Waals surface area contributed by atoms with Crippen molar-refractivity contribution in [2.24, 2.45) is 0 Å². The van der Waals surface area contributed by atoms with E-state index in [1.54, 1.807) is 24.3 Å². The molecule has 1 aliphatic carbocycles. The van der Waals surface area contributed by atoms with E-state index in [1.165, 1.54) is 11.8 Å². The molecule has 1 aliphatic rings. The molecule has 1 N–H and O–H groups in total. The quantitative estimate of drug-likeness (QED) is 0.447. The van der Waals surface area contributed by atoms with Crippen LogP contribution in [0.25, 0.3) is 11.1 Å². The van der Waals surface area contributed by atoms with Crippen LogP contribution in [0.2, 0.25) is 10.2 Å². The van der Waals surface area contributed by atoms with Crippen LogP contribution in [0.15, 0.2) is 91.2 Å². The Kier molecular flexibility index (Phi) is 6.12. The maximum Gasteiger partial charge on any atom is 0.255 e. The second-order valence-electron chi connectivity index (χ2n) is 6.77. The number of nitrogens with zero attached hydrogens (tertiary/aromatic N) is 1. The van der Waals surface area contributed by atoms with Crippen molar-refractivity contribution in [1.29, 1.82) is 0 Å². The van der Waals surface area contributed by atoms with Gasteiger partial charge in [0.1, 0.15) is 5.15 Å². The Morgan fingerprint density at radius 2 is 1.67 bits per heavy atom. The van der Waals surface area contributed by atoms with Gasteiger partial charge in [0.15, 0.2) is 0 Å². The van der Waals surface area contributed by atoms with Gasteiger partial charge in [-0.25, -0.2) is 4.98 Å². The van der Waals surface area contributed by atoms with E-state index in [0.717, 1.165) is 23.1 Å². The van der Waals surface area contributed by atoms with Gasteiger partial charge >= 0.3 is 0 Å². The zero-order valence-electron chi connectivity index (χ0n) is 16.0. The van der Waals surface area contributed by atoms with Crippen molar-refractivity contribution in [1.82, 2.24) is 4.98 Å². The number of benzene rings is 2. The number of pyridine rings is 1. The summed E-state index contributed by atoms with van der Waals surface area (Å²) in [6.45, 7) is 0. The molecule has 0 saturated carbocycles. The third-order valence-electron chi connectivity index (χ3n) is 4.75. The monoisotopic (exact) mass is 432 g/mol. The van der Waals surface area contributed by atoms with E-state index < -0.39 is 0 Å². The normalized spacial score (nSPS) is 13.3. The summed E-state index contributed by atoms with van der Waals surface area (Å²) >= 11 is 12.3. The highest BCUT2D eigenvalue weighted by molar-refractivity contribution is 6.32. The number of nitrogens with one attached hydrogen (secondary N) is 1. The molecule has 2 aromatic carbocycles. The lowest BCUT2D eigenvalue weighted by molar-refractivity contribution is 0.102. The summed E-state index contributed by atoms with van der Waals surface area (Å²) < 4.78 is 0. The number of rotatable bonds is 4. The van der Waals surface area contributed by atoms with E-state index >= 15 is 0 Å². The number of hydrogen-bond donors (Lipinski definition) is 1. The third-order valence-corrected chi connectivity index (χ3v) is 5.30. The van der Waals surface area contributed by atoms with Crippen LogP contribution in [-0.4, -0.2) is 10.9 Å². The molecular formula is C25H18Cl2N2O. The Bertz CT molecular complexity index is 1160. The first-order valence-electron chi connectivity index (χ1n) is 9.47. The summed E-state index contributed by atoms with van der Waals surface area (Å²) in [5.74, 6) is -0.238. The van der Waals surface area contributed by atoms with Crippen molar-refractivity contribution in [2.75, 3.05) is 5.32 Å². The van der Waals surface area contributed by atoms with E-state index in [2.05, 4.69) is 40.7 Å². The van der Waals surface area contributed by atoms with E-state index in [1.807, 2.05) is 30.3 Å². The maximum absolute atomic E-state index is 12.7. The van der Waals surface area contributed by atoms with Gasteiger partial charge in [-0.3, -0.25) is 4.79 Å². The smallest absolute Gasteiger partial charge is 0.255 e. The van der Waals surface area contributed by atoms with Crippen molar-refractivity contribution >= 4 is 45.9 Å². The highest BCUT2D eigenvalue weighted by Crippen LogP contribution is 2.30. The molecule has 1 aromatic heterocycles. The molecule has 1 amide bonds. The van der Waals surface area contributed by atoms with Gasteiger partial charge in [0.05, 0.1) is 11.9 Å². The molecule has 0 atom stereocenters. The SMILES string of the molecule is O=C(Nc1ccc(Cl)nc1)c1ccc(Cl)c(C2=CCC=C(c3ccccc3)C=C2)c1. The van der Waals surface area contributed by atoms with Crippen LogP contribution in [0, 0.1) is 0 Å². The standard InChI is InChI=1S/C25H18Cl2N2O/c26-23-13-11-20(25(30)29-21-12-14-24(27)28-16-21)15-22(23)19-8-4-7-18(9-10-19)17-5-2-1-3-6-17/h1-3,5-16H,4H2,(H,29,30). The van der Waals surface area contributed by atoms with E-state index in [9.17, 15) is 4.79 Å². The summed E-state index contributed by atoms with van der Waals surface area (Å²) in [5.41, 5.74) is 5.20. The van der Waals surface area contributed by atoms with Gasteiger partial charge in [-0.2, -0.15) is 0 Å². The maximum atomic E-state index is 12.7. The number of anilines is 1. The summed E-state index contributed by atoms with van der Waals surface area (Å²) in [4.78, 5) is 16.7. The fraction of sp³-hybridized carbons (Fsp3) is 0.0400. The van der Waals surface area contributed by atoms with Crippen LogP contribution in [-0.2, 0) is 0 Å². The Labute approximate surface area is 185 Å². The Balaban J connectivity index is 1.57. The summed E-state index contributed by atoms with van der Waals surface area (Å²) in [5, 5.41) is 3.79. The molecule has 30 heavy (non-hydrogen) atoms. The Morgan fingerprint density at radius 1 is 0.900 bits per heavy atom. The molecule has 0 unspecified atom stereocenters. The molecule has 0 bridgehead atoms. The van der Waals surface area contributed by atoms with Crippen molar-refractivity contribution < 1.29 is 4.79 Å². The van der Waals surface area contributed by atoms with Crippen LogP contribution in [0.4, 0.5) is 5.69 Å². The van der Waals surface area contributed by atoms with E-state index in [4.69, 9.17) is 23.2 Å². The molecule has 0 radical (unpaired) electrons. The lowest BCUT2D eigenvalue weighted by atomic mass is 10.0. The zero-order valence-corrected chi connectivity index (χ0v) is 17.5. The van der Waals surface area contributed by atoms with Gasteiger partial charge in [0, 0.05) is 16.1 Å². The molecule has 5 heteroatoms. The average Bonchev–Trinajstić information content (AvgIpc) is 3.02. The minimum atomic E-state index is -0.238. The second-order valence-corrected chi connectivity index (χ2v) is 7.57. The van der Waals surface area contributed by atoms with Crippen molar-refractivity contribution in [2.45, 2.75) is 6.42 Å². The first kappa shape index (κ1) is 20.1. The van der Waals surface area contributed by atoms with Crippen LogP contribution in [0.3, 0.4) is 0 Å². The number of hydrogen-bond acceptors (Lipinski definition) is 2. The van der Waals surface area contributed by atoms with Gasteiger partial charge < -0.3 is 5.32 Å². The van der Waals surface area contributed by atoms with Crippen LogP contribution in [0.5, 0.6) is 0 Å². The van der Waals surface area contributed by atoms with Crippen LogP contribution < -0.4 is 5.32 Å². The fourth-order valence-corrected chi connectivity index (χ4v) is 3.55. The molecule has 1 heterocycles. The largest absolute Gasteiger partial charge is 0.321 e. The lowest BCUT2D eigenvalue weighted by Crippen LogP contribution is -2.12. The van der Waals surface area contributed by atoms with Gasteiger partial charge in [0.25, 0.3) is 5.91 Å². The molecule has 0 spiro atoms. The number of amides is 1. The molecule has 4 rings (SSSR count). The summed E-state index contributed by atoms with van der Waals surface area (Å²) in [6, 6.07) is 18.8. The zero-order chi connectivity index (χ0) is 20.9. The first-order valence-corrected chi connectivity index (χ1v) is 10.2. The van der Waals surface area contributed by atoms with Crippen molar-refractivity contribution in [3.8, 4) is 0 Å². The minimum absolute atomic E-state index is 0.238. The number of aromatic nitrogens is 1. The van der Waals surface area contributed by atoms with Gasteiger partial charge in [0.2, 0.25) is 0 Å². The number of halogens is 2. The minimum Gasteiger partial charge on any atom is -0.321 e. The molecule has 0 saturated heterocycles. The molecule has 3 nitrogen and oxygen atoms in total. The van der Waals surface area contributed by atoms with Crippen LogP contribution in [0.1, 0.15) is 27.9 Å². The Hall–Kier alpha value is -3.14. The van der Waals surface area contributed by atoms with Crippen LogP contribution >= 0.6 is 23.2 Å². The average molecular weight is 433 g/mol. The van der Waals surface area contributed by atoms with E-state index in [0.29, 0.717) is 21.4 Å². The van der Waals surface area contributed by atoms with E-state index in [-0.39, 0.29) is 5.91 Å². The predicted octanol–water partition coefficient (Wildman–Crippen LogP) is 7.07. The lowest BCUT2D eigenvalue weighted by Gasteiger charge is -2.10. The van der Waals surface area contributed by atoms with Crippen molar-refractivity contribution in [3.63, 3.8) is 0 Å². The second kappa shape index (κ2) is 9.12. The number of allylic oxidation sites excluding steroid dienone is 6. The summed E-state index contributed by atoms with van der Waals surface area (Å²) in [7, 11) is 0. The first-order chi connectivity index (χ1) is 14.6. The number of carbonyl (C=O) groups is 1. The highest BCUT2D eigenvalue weighted by atomic mass is 35.5. The molecule has 148 valence electrons. The van der Waals surface area contributed by atoms with Gasteiger partial charge in [-0.15, -0.1) is 0 Å². The molecule has 0 aliphatic heterocycles. The topological polar surface area (TPSA) is 42.0 Å². The Morgan fingerprint density at radius 3 is 2.43 bits per heavy atom. The highest BCUT2D eigenvalue weighted by Gasteiger charge is 2.12. The molecular weight excluding hydrogens is 415 g/mol. The van der Waals surface area contributed by atoms with Gasteiger partial charge in [-0.05, 0) is 53.5 Å². The third kappa shape index (κ3) is 4.70. The van der Waals surface area contributed by atoms with Crippen molar-refractivity contribution in [3.05, 3.63) is 118 Å². The fourth-order valence-electron chi connectivity index (χ4n) is 3.21. The number of carbonyl (C=O) groups excluding carboxylic acids is 1. The van der Waals surface area contributed by atoms with Gasteiger partial charge in [-0.1, -0.05) is 77.8 Å². The molecule has 0 fully saturated rings. The summed E-state index contributed by atoms with van der Waals surface area (Å²) in [6.07, 6.45) is 10.7. The molecule has 3 aromatic rings. The predicted molar refractivity (Wildman–Crippen MR) is 125 cm³/mol.